The van der Waals surface area contributed by atoms with E-state index in [2.05, 4.69) is 5.32 Å². The number of carbonyl (C=O) groups is 1. The lowest BCUT2D eigenvalue weighted by molar-refractivity contribution is -0.129. The Hall–Kier alpha value is -0.650. The van der Waals surface area contributed by atoms with Gasteiger partial charge in [0.2, 0.25) is 5.91 Å². The highest BCUT2D eigenvalue weighted by Gasteiger charge is 2.26. The SMILES string of the molecule is CC(C)OCC(O)CN1CCNC(=O)C1C. The van der Waals surface area contributed by atoms with E-state index in [-0.39, 0.29) is 18.1 Å². The van der Waals surface area contributed by atoms with E-state index in [4.69, 9.17) is 4.74 Å². The van der Waals surface area contributed by atoms with Crippen molar-refractivity contribution in [2.45, 2.75) is 39.0 Å². The molecule has 0 spiro atoms. The zero-order valence-electron chi connectivity index (χ0n) is 10.3. The summed E-state index contributed by atoms with van der Waals surface area (Å²) in [7, 11) is 0. The van der Waals surface area contributed by atoms with Crippen molar-refractivity contribution in [1.82, 2.24) is 10.2 Å². The lowest BCUT2D eigenvalue weighted by Gasteiger charge is -2.34. The number of aliphatic hydroxyl groups excluding tert-OH is 1. The lowest BCUT2D eigenvalue weighted by Crippen LogP contribution is -2.55. The first-order valence-corrected chi connectivity index (χ1v) is 5.82. The molecule has 2 unspecified atom stereocenters. The maximum Gasteiger partial charge on any atom is 0.237 e. The molecule has 1 aliphatic heterocycles. The van der Waals surface area contributed by atoms with Gasteiger partial charge in [0.15, 0.2) is 0 Å². The van der Waals surface area contributed by atoms with E-state index in [0.29, 0.717) is 19.7 Å². The molecule has 0 aliphatic carbocycles. The average Bonchev–Trinajstić information content (AvgIpc) is 2.22. The summed E-state index contributed by atoms with van der Waals surface area (Å²) >= 11 is 0. The Labute approximate surface area is 96.8 Å². The molecule has 0 aromatic rings. The van der Waals surface area contributed by atoms with Crippen molar-refractivity contribution in [2.75, 3.05) is 26.2 Å². The highest BCUT2D eigenvalue weighted by Crippen LogP contribution is 2.05. The fourth-order valence-corrected chi connectivity index (χ4v) is 1.71. The Kier molecular flexibility index (Phi) is 5.18. The number of nitrogens with zero attached hydrogens (tertiary/aromatic N) is 1. The molecule has 1 aliphatic rings. The number of β-amino-alcohol motifs (C(OH)–C–C–N with tert-alkyl or cyclic N) is 1. The van der Waals surface area contributed by atoms with E-state index in [9.17, 15) is 9.90 Å². The van der Waals surface area contributed by atoms with Crippen LogP contribution in [-0.4, -0.2) is 60.4 Å². The van der Waals surface area contributed by atoms with Crippen LogP contribution >= 0.6 is 0 Å². The number of carbonyl (C=O) groups excluding carboxylic acids is 1. The Morgan fingerprint density at radius 2 is 2.31 bits per heavy atom. The Morgan fingerprint density at radius 3 is 2.94 bits per heavy atom. The molecule has 5 heteroatoms. The molecule has 1 heterocycles. The predicted octanol–water partition coefficient (Wildman–Crippen LogP) is -0.407. The van der Waals surface area contributed by atoms with E-state index >= 15 is 0 Å². The molecule has 1 saturated heterocycles. The molecule has 0 saturated carbocycles. The molecule has 2 N–H and O–H groups in total. The van der Waals surface area contributed by atoms with Gasteiger partial charge in [0.25, 0.3) is 0 Å². The summed E-state index contributed by atoms with van der Waals surface area (Å²) in [6.45, 7) is 7.97. The van der Waals surface area contributed by atoms with Gasteiger partial charge in [0, 0.05) is 19.6 Å². The van der Waals surface area contributed by atoms with Crippen LogP contribution < -0.4 is 5.32 Å². The Morgan fingerprint density at radius 1 is 1.62 bits per heavy atom. The number of amides is 1. The quantitative estimate of drug-likeness (QED) is 0.674. The van der Waals surface area contributed by atoms with Gasteiger partial charge in [-0.05, 0) is 20.8 Å². The minimum atomic E-state index is -0.532. The van der Waals surface area contributed by atoms with Crippen LogP contribution in [0.15, 0.2) is 0 Å². The fraction of sp³-hybridized carbons (Fsp3) is 0.909. The third-order valence-electron chi connectivity index (χ3n) is 2.69. The van der Waals surface area contributed by atoms with Crippen molar-refractivity contribution < 1.29 is 14.6 Å². The molecule has 0 radical (unpaired) electrons. The van der Waals surface area contributed by atoms with Gasteiger partial charge in [-0.3, -0.25) is 9.69 Å². The zero-order chi connectivity index (χ0) is 12.1. The highest BCUT2D eigenvalue weighted by molar-refractivity contribution is 5.81. The van der Waals surface area contributed by atoms with Gasteiger partial charge in [-0.2, -0.15) is 0 Å². The molecule has 5 nitrogen and oxygen atoms in total. The van der Waals surface area contributed by atoms with Crippen LogP contribution in [0.3, 0.4) is 0 Å². The number of hydrogen-bond donors (Lipinski definition) is 2. The summed E-state index contributed by atoms with van der Waals surface area (Å²) < 4.78 is 5.33. The molecular formula is C11H22N2O3. The topological polar surface area (TPSA) is 61.8 Å². The number of hydrogen-bond acceptors (Lipinski definition) is 4. The van der Waals surface area contributed by atoms with Crippen molar-refractivity contribution in [3.8, 4) is 0 Å². The van der Waals surface area contributed by atoms with Gasteiger partial charge < -0.3 is 15.2 Å². The maximum absolute atomic E-state index is 11.4. The minimum Gasteiger partial charge on any atom is -0.389 e. The second-order valence-corrected chi connectivity index (χ2v) is 4.50. The minimum absolute atomic E-state index is 0.0308. The van der Waals surface area contributed by atoms with Gasteiger partial charge >= 0.3 is 0 Å². The Bertz CT molecular complexity index is 233. The summed E-state index contributed by atoms with van der Waals surface area (Å²) in [6.07, 6.45) is -0.410. The molecule has 1 fully saturated rings. The maximum atomic E-state index is 11.4. The van der Waals surface area contributed by atoms with Crippen LogP contribution in [0.5, 0.6) is 0 Å². The monoisotopic (exact) mass is 230 g/mol. The summed E-state index contributed by atoms with van der Waals surface area (Å²) in [5.74, 6) is 0.0308. The first kappa shape index (κ1) is 13.4. The number of ether oxygens (including phenoxy) is 1. The van der Waals surface area contributed by atoms with Crippen molar-refractivity contribution in [1.29, 1.82) is 0 Å². The van der Waals surface area contributed by atoms with Crippen molar-refractivity contribution >= 4 is 5.91 Å². The smallest absolute Gasteiger partial charge is 0.237 e. The van der Waals surface area contributed by atoms with E-state index in [1.807, 2.05) is 25.7 Å². The van der Waals surface area contributed by atoms with Crippen LogP contribution in [0.2, 0.25) is 0 Å². The standard InChI is InChI=1S/C11H22N2O3/c1-8(2)16-7-10(14)6-13-5-4-12-11(15)9(13)3/h8-10,14H,4-7H2,1-3H3,(H,12,15). The van der Waals surface area contributed by atoms with Crippen molar-refractivity contribution in [3.63, 3.8) is 0 Å². The number of nitrogens with one attached hydrogen (secondary N) is 1. The van der Waals surface area contributed by atoms with E-state index in [1.165, 1.54) is 0 Å². The number of aliphatic hydroxyl groups is 1. The van der Waals surface area contributed by atoms with Gasteiger partial charge in [-0.25, -0.2) is 0 Å². The largest absolute Gasteiger partial charge is 0.389 e. The lowest BCUT2D eigenvalue weighted by atomic mass is 10.2. The summed E-state index contributed by atoms with van der Waals surface area (Å²) in [6, 6.07) is -0.164. The normalized spacial score (nSPS) is 24.6. The molecule has 0 bridgehead atoms. The predicted molar refractivity (Wildman–Crippen MR) is 61.1 cm³/mol. The van der Waals surface area contributed by atoms with Crippen LogP contribution in [0.1, 0.15) is 20.8 Å². The second kappa shape index (κ2) is 6.18. The third-order valence-corrected chi connectivity index (χ3v) is 2.69. The van der Waals surface area contributed by atoms with Gasteiger partial charge in [-0.15, -0.1) is 0 Å². The van der Waals surface area contributed by atoms with Crippen LogP contribution in [0.4, 0.5) is 0 Å². The van der Waals surface area contributed by atoms with Crippen LogP contribution in [-0.2, 0) is 9.53 Å². The van der Waals surface area contributed by atoms with Crippen molar-refractivity contribution in [2.24, 2.45) is 0 Å². The molecule has 1 amide bonds. The third kappa shape index (κ3) is 4.08. The Balaban J connectivity index is 2.32. The van der Waals surface area contributed by atoms with E-state index in [0.717, 1.165) is 6.54 Å². The van der Waals surface area contributed by atoms with Crippen LogP contribution in [0, 0.1) is 0 Å². The molecule has 1 rings (SSSR count). The molecule has 0 aromatic heterocycles. The first-order chi connectivity index (χ1) is 7.50. The fourth-order valence-electron chi connectivity index (χ4n) is 1.71. The average molecular weight is 230 g/mol. The van der Waals surface area contributed by atoms with E-state index in [1.54, 1.807) is 0 Å². The molecular weight excluding hydrogens is 208 g/mol. The van der Waals surface area contributed by atoms with Crippen LogP contribution in [0.25, 0.3) is 0 Å². The van der Waals surface area contributed by atoms with Gasteiger partial charge in [0.05, 0.1) is 24.9 Å². The summed E-state index contributed by atoms with van der Waals surface area (Å²) in [5.41, 5.74) is 0. The van der Waals surface area contributed by atoms with Crippen molar-refractivity contribution in [3.05, 3.63) is 0 Å². The molecule has 0 aromatic carbocycles. The number of piperazine rings is 1. The molecule has 2 atom stereocenters. The highest BCUT2D eigenvalue weighted by atomic mass is 16.5. The number of rotatable bonds is 5. The van der Waals surface area contributed by atoms with E-state index < -0.39 is 6.10 Å². The van der Waals surface area contributed by atoms with Gasteiger partial charge in [0.1, 0.15) is 0 Å². The second-order valence-electron chi connectivity index (χ2n) is 4.50. The molecule has 16 heavy (non-hydrogen) atoms. The summed E-state index contributed by atoms with van der Waals surface area (Å²) in [4.78, 5) is 13.4. The zero-order valence-corrected chi connectivity index (χ0v) is 10.3. The summed E-state index contributed by atoms with van der Waals surface area (Å²) in [5, 5.41) is 12.5. The molecule has 94 valence electrons. The first-order valence-electron chi connectivity index (χ1n) is 5.82. The van der Waals surface area contributed by atoms with Gasteiger partial charge in [-0.1, -0.05) is 0 Å².